The van der Waals surface area contributed by atoms with Crippen LogP contribution in [-0.4, -0.2) is 35.6 Å². The molecular formula is C28H29ClF4N4O2. The van der Waals surface area contributed by atoms with Crippen LogP contribution < -0.4 is 21.1 Å². The molecule has 1 aromatic heterocycles. The Balaban J connectivity index is 1.81. The van der Waals surface area contributed by atoms with Crippen LogP contribution in [0.5, 0.6) is 5.75 Å². The van der Waals surface area contributed by atoms with Gasteiger partial charge in [-0.2, -0.15) is 17.6 Å². The van der Waals surface area contributed by atoms with Crippen molar-refractivity contribution in [3.63, 3.8) is 0 Å². The summed E-state index contributed by atoms with van der Waals surface area (Å²) >= 11 is 6.10. The normalized spacial score (nSPS) is 19.3. The van der Waals surface area contributed by atoms with Gasteiger partial charge in [-0.25, -0.2) is 4.79 Å². The number of carbonyl (C=O) groups is 1. The number of aromatic nitrogens is 1. The Morgan fingerprint density at radius 1 is 1.08 bits per heavy atom. The zero-order chi connectivity index (χ0) is 28.0. The second-order valence-corrected chi connectivity index (χ2v) is 10.0. The van der Waals surface area contributed by atoms with Crippen LogP contribution in [0.3, 0.4) is 0 Å². The third-order valence-electron chi connectivity index (χ3n) is 6.77. The Morgan fingerprint density at radius 2 is 1.82 bits per heavy atom. The van der Waals surface area contributed by atoms with Gasteiger partial charge in [0.2, 0.25) is 0 Å². The van der Waals surface area contributed by atoms with Crippen molar-refractivity contribution in [2.45, 2.75) is 62.3 Å². The van der Waals surface area contributed by atoms with Gasteiger partial charge in [-0.3, -0.25) is 4.98 Å². The number of alkyl halides is 4. The zero-order valence-electron chi connectivity index (χ0n) is 20.9. The van der Waals surface area contributed by atoms with Gasteiger partial charge in [0.25, 0.3) is 0 Å². The average molecular weight is 565 g/mol. The lowest BCUT2D eigenvalue weighted by Gasteiger charge is -2.37. The molecule has 6 nitrogen and oxygen atoms in total. The van der Waals surface area contributed by atoms with Crippen molar-refractivity contribution in [3.05, 3.63) is 94.8 Å². The van der Waals surface area contributed by atoms with Gasteiger partial charge in [0.1, 0.15) is 11.3 Å². The summed E-state index contributed by atoms with van der Waals surface area (Å²) in [5, 5.41) is 6.30. The maximum atomic E-state index is 13.8. The van der Waals surface area contributed by atoms with Crippen LogP contribution in [0.25, 0.3) is 0 Å². The minimum absolute atomic E-state index is 0.140. The van der Waals surface area contributed by atoms with E-state index in [1.165, 1.54) is 18.3 Å². The summed E-state index contributed by atoms with van der Waals surface area (Å²) in [6.07, 6.45) is -3.81. The SMILES string of the molecule is N[C@H]1CCCC[C@H]1NC(=O)N[C@@](Cc1ccccc1)(c1cccc(OC(F)(F)C(F)F)c1)c1ccc(Cl)cn1. The fourth-order valence-electron chi connectivity index (χ4n) is 4.81. The average Bonchev–Trinajstić information content (AvgIpc) is 2.90. The lowest BCUT2D eigenvalue weighted by molar-refractivity contribution is -0.253. The van der Waals surface area contributed by atoms with Gasteiger partial charge < -0.3 is 21.1 Å². The maximum Gasteiger partial charge on any atom is 0.461 e. The van der Waals surface area contributed by atoms with Gasteiger partial charge >= 0.3 is 18.6 Å². The number of pyridine rings is 1. The van der Waals surface area contributed by atoms with E-state index in [0.29, 0.717) is 17.1 Å². The van der Waals surface area contributed by atoms with Gasteiger partial charge in [-0.1, -0.05) is 66.9 Å². The fourth-order valence-corrected chi connectivity index (χ4v) is 4.93. The summed E-state index contributed by atoms with van der Waals surface area (Å²) in [6.45, 7) is 0. The molecule has 1 fully saturated rings. The highest BCUT2D eigenvalue weighted by Crippen LogP contribution is 2.36. The van der Waals surface area contributed by atoms with E-state index in [4.69, 9.17) is 17.3 Å². The second-order valence-electron chi connectivity index (χ2n) is 9.58. The molecule has 0 spiro atoms. The Morgan fingerprint density at radius 3 is 2.49 bits per heavy atom. The Hall–Kier alpha value is -3.37. The van der Waals surface area contributed by atoms with Crippen molar-refractivity contribution in [1.82, 2.24) is 15.6 Å². The predicted molar refractivity (Wildman–Crippen MR) is 140 cm³/mol. The summed E-state index contributed by atoms with van der Waals surface area (Å²) in [7, 11) is 0. The number of hydrogen-bond donors (Lipinski definition) is 3. The maximum absolute atomic E-state index is 13.8. The quantitative estimate of drug-likeness (QED) is 0.277. The highest BCUT2D eigenvalue weighted by Gasteiger charge is 2.45. The van der Waals surface area contributed by atoms with Gasteiger partial charge in [0.05, 0.1) is 10.7 Å². The first-order valence-corrected chi connectivity index (χ1v) is 12.9. The number of nitrogens with one attached hydrogen (secondary N) is 2. The van der Waals surface area contributed by atoms with Crippen LogP contribution >= 0.6 is 11.6 Å². The minimum atomic E-state index is -4.71. The molecule has 1 aliphatic carbocycles. The molecule has 1 heterocycles. The van der Waals surface area contributed by atoms with E-state index in [-0.39, 0.29) is 24.1 Å². The third kappa shape index (κ3) is 6.99. The number of ether oxygens (including phenoxy) is 1. The molecule has 1 aliphatic rings. The molecule has 1 saturated carbocycles. The van der Waals surface area contributed by atoms with E-state index in [0.717, 1.165) is 30.9 Å². The van der Waals surface area contributed by atoms with Crippen molar-refractivity contribution >= 4 is 17.6 Å². The number of amides is 2. The predicted octanol–water partition coefficient (Wildman–Crippen LogP) is 6.03. The lowest BCUT2D eigenvalue weighted by Crippen LogP contribution is -2.57. The minimum Gasteiger partial charge on any atom is -0.428 e. The summed E-state index contributed by atoms with van der Waals surface area (Å²) in [4.78, 5) is 18.0. The molecule has 0 radical (unpaired) electrons. The number of urea groups is 1. The van der Waals surface area contributed by atoms with Gasteiger partial charge in [-0.15, -0.1) is 0 Å². The highest BCUT2D eigenvalue weighted by molar-refractivity contribution is 6.30. The summed E-state index contributed by atoms with van der Waals surface area (Å²) in [5.41, 5.74) is 6.22. The van der Waals surface area contributed by atoms with E-state index in [9.17, 15) is 22.4 Å². The molecule has 39 heavy (non-hydrogen) atoms. The van der Waals surface area contributed by atoms with E-state index >= 15 is 0 Å². The van der Waals surface area contributed by atoms with Crippen molar-refractivity contribution in [2.24, 2.45) is 5.73 Å². The number of rotatable bonds is 9. The van der Waals surface area contributed by atoms with Crippen LogP contribution in [0, 0.1) is 0 Å². The fraction of sp³-hybridized carbons (Fsp3) is 0.357. The summed E-state index contributed by atoms with van der Waals surface area (Å²) in [5.74, 6) is -0.499. The molecule has 11 heteroatoms. The number of nitrogens with zero attached hydrogens (tertiary/aromatic N) is 1. The van der Waals surface area contributed by atoms with Crippen LogP contribution in [0.2, 0.25) is 5.02 Å². The van der Waals surface area contributed by atoms with Gasteiger partial charge in [0, 0.05) is 24.7 Å². The number of carbonyl (C=O) groups excluding carboxylic acids is 1. The smallest absolute Gasteiger partial charge is 0.428 e. The summed E-state index contributed by atoms with van der Waals surface area (Å²) in [6, 6.07) is 16.6. The molecule has 0 saturated heterocycles. The monoisotopic (exact) mass is 564 g/mol. The van der Waals surface area contributed by atoms with E-state index in [1.807, 2.05) is 30.3 Å². The number of halogens is 5. The first kappa shape index (κ1) is 28.6. The third-order valence-corrected chi connectivity index (χ3v) is 7.00. The van der Waals surface area contributed by atoms with Crippen LogP contribution in [0.1, 0.15) is 42.5 Å². The topological polar surface area (TPSA) is 89.3 Å². The van der Waals surface area contributed by atoms with E-state index in [2.05, 4.69) is 20.4 Å². The van der Waals surface area contributed by atoms with Crippen molar-refractivity contribution < 1.29 is 27.1 Å². The Bertz CT molecular complexity index is 1250. The van der Waals surface area contributed by atoms with Crippen molar-refractivity contribution in [3.8, 4) is 5.75 Å². The molecule has 3 aromatic rings. The van der Waals surface area contributed by atoms with Crippen molar-refractivity contribution in [2.75, 3.05) is 0 Å². The molecule has 0 aliphatic heterocycles. The molecule has 2 amide bonds. The molecule has 3 atom stereocenters. The summed E-state index contributed by atoms with van der Waals surface area (Å²) < 4.78 is 57.7. The first-order valence-electron chi connectivity index (χ1n) is 12.5. The second kappa shape index (κ2) is 12.2. The highest BCUT2D eigenvalue weighted by atomic mass is 35.5. The lowest BCUT2D eigenvalue weighted by atomic mass is 9.80. The van der Waals surface area contributed by atoms with Crippen molar-refractivity contribution in [1.29, 1.82) is 0 Å². The molecule has 4 N–H and O–H groups in total. The van der Waals surface area contributed by atoms with Crippen LogP contribution in [0.4, 0.5) is 22.4 Å². The first-order chi connectivity index (χ1) is 18.6. The Kier molecular flexibility index (Phi) is 8.97. The van der Waals surface area contributed by atoms with Gasteiger partial charge in [-0.05, 0) is 48.2 Å². The molecule has 0 bridgehead atoms. The van der Waals surface area contributed by atoms with E-state index in [1.54, 1.807) is 18.2 Å². The number of hydrogen-bond acceptors (Lipinski definition) is 4. The van der Waals surface area contributed by atoms with Gasteiger partial charge in [0.15, 0.2) is 0 Å². The van der Waals surface area contributed by atoms with Crippen LogP contribution in [-0.2, 0) is 12.0 Å². The number of nitrogens with two attached hydrogens (primary N) is 1. The van der Waals surface area contributed by atoms with Crippen LogP contribution in [0.15, 0.2) is 72.9 Å². The molecule has 208 valence electrons. The number of benzene rings is 2. The standard InChI is InChI=1S/C28H29ClF4N4O2/c29-20-13-14-24(35-17-20)27(16-18-7-2-1-3-8-18,37-26(38)36-23-12-5-4-11-22(23)34)19-9-6-10-21(15-19)39-28(32,33)25(30)31/h1-3,6-10,13-15,17,22-23,25H,4-5,11-12,16,34H2,(H2,36,37,38)/t22-,23+,27-/m0/s1. The molecule has 2 aromatic carbocycles. The largest absolute Gasteiger partial charge is 0.461 e. The van der Waals surface area contributed by atoms with E-state index < -0.39 is 29.9 Å². The Labute approximate surface area is 228 Å². The zero-order valence-corrected chi connectivity index (χ0v) is 21.7. The molecular weight excluding hydrogens is 536 g/mol. The molecule has 0 unspecified atom stereocenters. The molecule has 4 rings (SSSR count).